The zero-order valence-corrected chi connectivity index (χ0v) is 16.7. The van der Waals surface area contributed by atoms with Crippen molar-refractivity contribution in [2.75, 3.05) is 19.0 Å². The van der Waals surface area contributed by atoms with Gasteiger partial charge in [-0.15, -0.1) is 11.8 Å². The molecule has 2 aromatic rings. The summed E-state index contributed by atoms with van der Waals surface area (Å²) in [6, 6.07) is 15.5. The molecule has 1 N–H and O–H groups in total. The summed E-state index contributed by atoms with van der Waals surface area (Å²) in [6.45, 7) is 1.96. The fraction of sp³-hybridized carbons (Fsp3) is 0.381. The lowest BCUT2D eigenvalue weighted by Gasteiger charge is -2.12. The average molecular weight is 406 g/mol. The first-order valence-corrected chi connectivity index (χ1v) is 10.6. The molecule has 1 aliphatic heterocycles. The summed E-state index contributed by atoms with van der Waals surface area (Å²) >= 11 is 7.46. The van der Waals surface area contributed by atoms with Crippen LogP contribution in [0.2, 0.25) is 5.02 Å². The Balaban J connectivity index is 1.32. The number of carbonyl (C=O) groups is 1. The van der Waals surface area contributed by atoms with Gasteiger partial charge in [-0.05, 0) is 48.2 Å². The van der Waals surface area contributed by atoms with E-state index in [4.69, 9.17) is 21.1 Å². The van der Waals surface area contributed by atoms with Crippen LogP contribution in [0, 0.1) is 0 Å². The van der Waals surface area contributed by atoms with E-state index in [1.807, 2.05) is 48.5 Å². The van der Waals surface area contributed by atoms with Crippen molar-refractivity contribution in [3.05, 3.63) is 64.7 Å². The third-order valence-corrected chi connectivity index (χ3v) is 5.54. The van der Waals surface area contributed by atoms with Crippen LogP contribution in [0.3, 0.4) is 0 Å². The molecule has 0 spiro atoms. The predicted molar refractivity (Wildman–Crippen MR) is 110 cm³/mol. The van der Waals surface area contributed by atoms with E-state index in [9.17, 15) is 4.79 Å². The van der Waals surface area contributed by atoms with Crippen LogP contribution in [0.15, 0.2) is 48.5 Å². The van der Waals surface area contributed by atoms with Gasteiger partial charge in [-0.25, -0.2) is 0 Å². The Morgan fingerprint density at radius 3 is 2.59 bits per heavy atom. The minimum Gasteiger partial charge on any atom is -0.491 e. The van der Waals surface area contributed by atoms with Gasteiger partial charge in [-0.2, -0.15) is 0 Å². The summed E-state index contributed by atoms with van der Waals surface area (Å²) < 4.78 is 11.3. The normalized spacial score (nSPS) is 16.3. The molecule has 27 heavy (non-hydrogen) atoms. The maximum atomic E-state index is 12.0. The molecule has 144 valence electrons. The van der Waals surface area contributed by atoms with Crippen LogP contribution in [0.1, 0.15) is 24.0 Å². The van der Waals surface area contributed by atoms with Crippen LogP contribution in [-0.2, 0) is 21.8 Å². The van der Waals surface area contributed by atoms with Gasteiger partial charge in [-0.3, -0.25) is 4.79 Å². The maximum Gasteiger partial charge on any atom is 0.230 e. The molecule has 2 aromatic carbocycles. The molecule has 4 nitrogen and oxygen atoms in total. The largest absolute Gasteiger partial charge is 0.491 e. The summed E-state index contributed by atoms with van der Waals surface area (Å²) in [5.41, 5.74) is 2.21. The highest BCUT2D eigenvalue weighted by Gasteiger charge is 2.15. The monoisotopic (exact) mass is 405 g/mol. The van der Waals surface area contributed by atoms with Crippen molar-refractivity contribution in [2.45, 2.75) is 31.2 Å². The molecule has 0 aliphatic carbocycles. The van der Waals surface area contributed by atoms with Crippen LogP contribution in [0.25, 0.3) is 0 Å². The van der Waals surface area contributed by atoms with Crippen molar-refractivity contribution in [3.8, 4) is 5.75 Å². The lowest BCUT2D eigenvalue weighted by molar-refractivity contribution is -0.118. The molecule has 3 rings (SSSR count). The molecular weight excluding hydrogens is 382 g/mol. The zero-order chi connectivity index (χ0) is 18.9. The van der Waals surface area contributed by atoms with Crippen molar-refractivity contribution < 1.29 is 14.3 Å². The second-order valence-corrected chi connectivity index (χ2v) is 7.91. The van der Waals surface area contributed by atoms with Crippen LogP contribution in [-0.4, -0.2) is 31.0 Å². The Bertz CT molecular complexity index is 715. The fourth-order valence-electron chi connectivity index (χ4n) is 2.76. The van der Waals surface area contributed by atoms with E-state index in [1.54, 1.807) is 11.8 Å². The number of thioether (sulfide) groups is 1. The molecule has 1 unspecified atom stereocenters. The molecule has 1 heterocycles. The van der Waals surface area contributed by atoms with E-state index < -0.39 is 0 Å². The number of rotatable bonds is 9. The second-order valence-electron chi connectivity index (χ2n) is 6.49. The second kappa shape index (κ2) is 10.6. The lowest BCUT2D eigenvalue weighted by Crippen LogP contribution is -2.24. The highest BCUT2D eigenvalue weighted by atomic mass is 35.5. The van der Waals surface area contributed by atoms with Gasteiger partial charge in [0.1, 0.15) is 12.4 Å². The maximum absolute atomic E-state index is 12.0. The van der Waals surface area contributed by atoms with E-state index in [2.05, 4.69) is 5.32 Å². The van der Waals surface area contributed by atoms with Gasteiger partial charge >= 0.3 is 0 Å². The van der Waals surface area contributed by atoms with E-state index in [-0.39, 0.29) is 12.0 Å². The Morgan fingerprint density at radius 2 is 1.89 bits per heavy atom. The van der Waals surface area contributed by atoms with Crippen molar-refractivity contribution >= 4 is 29.3 Å². The van der Waals surface area contributed by atoms with E-state index in [0.717, 1.165) is 47.1 Å². The number of carbonyl (C=O) groups excluding carboxylic acids is 1. The molecule has 1 atom stereocenters. The summed E-state index contributed by atoms with van der Waals surface area (Å²) in [5.74, 6) is 2.10. The smallest absolute Gasteiger partial charge is 0.230 e. The first-order chi connectivity index (χ1) is 13.2. The number of hydrogen-bond donors (Lipinski definition) is 1. The summed E-state index contributed by atoms with van der Waals surface area (Å²) in [6.07, 6.45) is 2.40. The third kappa shape index (κ3) is 7.09. The molecule has 1 amide bonds. The SMILES string of the molecule is O=C(CSCc1ccc(Cl)cc1)NCc1ccc(OCC2CCCO2)cc1. The topological polar surface area (TPSA) is 47.6 Å². The van der Waals surface area contributed by atoms with Crippen molar-refractivity contribution in [3.63, 3.8) is 0 Å². The number of hydrogen-bond acceptors (Lipinski definition) is 4. The summed E-state index contributed by atoms with van der Waals surface area (Å²) in [5, 5.41) is 3.68. The van der Waals surface area contributed by atoms with E-state index in [1.165, 1.54) is 0 Å². The first-order valence-electron chi connectivity index (χ1n) is 9.11. The molecule has 6 heteroatoms. The predicted octanol–water partition coefficient (Wildman–Crippen LogP) is 4.45. The number of benzene rings is 2. The third-order valence-electron chi connectivity index (χ3n) is 4.29. The van der Waals surface area contributed by atoms with E-state index >= 15 is 0 Å². The minimum atomic E-state index is 0.0349. The zero-order valence-electron chi connectivity index (χ0n) is 15.2. The average Bonchev–Trinajstić information content (AvgIpc) is 3.21. The molecule has 0 saturated carbocycles. The van der Waals surface area contributed by atoms with Gasteiger partial charge in [-0.1, -0.05) is 35.9 Å². The molecular formula is C21H24ClNO3S. The summed E-state index contributed by atoms with van der Waals surface area (Å²) in [7, 11) is 0. The van der Waals surface area contributed by atoms with Crippen LogP contribution in [0.5, 0.6) is 5.75 Å². The lowest BCUT2D eigenvalue weighted by atomic mass is 10.2. The van der Waals surface area contributed by atoms with Gasteiger partial charge in [0.2, 0.25) is 5.91 Å². The van der Waals surface area contributed by atoms with Crippen LogP contribution >= 0.6 is 23.4 Å². The number of amides is 1. The first kappa shape index (κ1) is 20.1. The van der Waals surface area contributed by atoms with Gasteiger partial charge in [0.25, 0.3) is 0 Å². The molecule has 0 aromatic heterocycles. The van der Waals surface area contributed by atoms with Crippen LogP contribution < -0.4 is 10.1 Å². The standard InChI is InChI=1S/C21H24ClNO3S/c22-18-7-3-17(4-8-18)14-27-15-21(24)23-12-16-5-9-19(10-6-16)26-13-20-2-1-11-25-20/h3-10,20H,1-2,11-15H2,(H,23,24). The number of ether oxygens (including phenoxy) is 2. The van der Waals surface area contributed by atoms with Crippen molar-refractivity contribution in [2.24, 2.45) is 0 Å². The van der Waals surface area contributed by atoms with Gasteiger partial charge in [0.05, 0.1) is 11.9 Å². The van der Waals surface area contributed by atoms with Crippen molar-refractivity contribution in [1.82, 2.24) is 5.32 Å². The molecule has 1 saturated heterocycles. The quantitative estimate of drug-likeness (QED) is 0.669. The molecule has 0 bridgehead atoms. The number of nitrogens with one attached hydrogen (secondary N) is 1. The van der Waals surface area contributed by atoms with Gasteiger partial charge in [0.15, 0.2) is 0 Å². The highest BCUT2D eigenvalue weighted by Crippen LogP contribution is 2.17. The molecule has 1 fully saturated rings. The minimum absolute atomic E-state index is 0.0349. The molecule has 0 radical (unpaired) electrons. The van der Waals surface area contributed by atoms with E-state index in [0.29, 0.717) is 18.9 Å². The Hall–Kier alpha value is -1.69. The molecule has 1 aliphatic rings. The van der Waals surface area contributed by atoms with Gasteiger partial charge in [0, 0.05) is 23.9 Å². The Labute approximate surface area is 169 Å². The summed E-state index contributed by atoms with van der Waals surface area (Å²) in [4.78, 5) is 12.0. The highest BCUT2D eigenvalue weighted by molar-refractivity contribution is 7.99. The van der Waals surface area contributed by atoms with Crippen LogP contribution in [0.4, 0.5) is 0 Å². The van der Waals surface area contributed by atoms with Gasteiger partial charge < -0.3 is 14.8 Å². The number of halogens is 1. The Kier molecular flexibility index (Phi) is 7.87. The Morgan fingerprint density at radius 1 is 1.15 bits per heavy atom. The van der Waals surface area contributed by atoms with Crippen molar-refractivity contribution in [1.29, 1.82) is 0 Å². The fourth-order valence-corrected chi connectivity index (χ4v) is 3.71.